The Hall–Kier alpha value is -1.82. The van der Waals surface area contributed by atoms with E-state index in [-0.39, 0.29) is 23.7 Å². The molecule has 3 nitrogen and oxygen atoms in total. The Bertz CT molecular complexity index is 528. The maximum absolute atomic E-state index is 12.5. The molecule has 0 radical (unpaired) electrons. The maximum atomic E-state index is 12.5. The van der Waals surface area contributed by atoms with Crippen molar-refractivity contribution in [1.29, 1.82) is 5.26 Å². The quantitative estimate of drug-likeness (QED) is 0.736. The third kappa shape index (κ3) is 5.71. The lowest BCUT2D eigenvalue weighted by molar-refractivity contribution is -0.131. The summed E-state index contributed by atoms with van der Waals surface area (Å²) in [5.41, 5.74) is 2.26. The molecule has 0 heterocycles. The first kappa shape index (κ1) is 19.2. The topological polar surface area (TPSA) is 44.1 Å². The minimum absolute atomic E-state index is 0.0835. The summed E-state index contributed by atoms with van der Waals surface area (Å²) >= 11 is 0. The predicted molar refractivity (Wildman–Crippen MR) is 95.3 cm³/mol. The summed E-state index contributed by atoms with van der Waals surface area (Å²) in [4.78, 5) is 14.3. The van der Waals surface area contributed by atoms with Crippen LogP contribution in [-0.2, 0) is 10.2 Å². The van der Waals surface area contributed by atoms with Crippen LogP contribution in [0.15, 0.2) is 24.3 Å². The molecule has 0 aliphatic rings. The molecular formula is C20H30N2O. The molecule has 23 heavy (non-hydrogen) atoms. The number of amides is 1. The van der Waals surface area contributed by atoms with E-state index in [0.29, 0.717) is 0 Å². The Morgan fingerprint density at radius 3 is 2.04 bits per heavy atom. The van der Waals surface area contributed by atoms with Crippen LogP contribution >= 0.6 is 0 Å². The molecule has 0 saturated carbocycles. The molecule has 0 bridgehead atoms. The second-order valence-corrected chi connectivity index (χ2v) is 7.14. The van der Waals surface area contributed by atoms with Gasteiger partial charge in [-0.3, -0.25) is 4.79 Å². The summed E-state index contributed by atoms with van der Waals surface area (Å²) in [6.45, 7) is 12.2. The van der Waals surface area contributed by atoms with Gasteiger partial charge in [0.2, 0.25) is 5.91 Å². The summed E-state index contributed by atoms with van der Waals surface area (Å²) in [6.07, 6.45) is 2.16. The Labute approximate surface area is 141 Å². The maximum Gasteiger partial charge on any atom is 0.224 e. The van der Waals surface area contributed by atoms with Crippen LogP contribution in [0.1, 0.15) is 70.9 Å². The van der Waals surface area contributed by atoms with E-state index >= 15 is 0 Å². The zero-order valence-electron chi connectivity index (χ0n) is 15.2. The minimum Gasteiger partial charge on any atom is -0.343 e. The van der Waals surface area contributed by atoms with Crippen LogP contribution < -0.4 is 0 Å². The Morgan fingerprint density at radius 1 is 1.13 bits per heavy atom. The number of carbonyl (C=O) groups is 1. The van der Waals surface area contributed by atoms with Gasteiger partial charge in [0.05, 0.1) is 12.0 Å². The van der Waals surface area contributed by atoms with Crippen molar-refractivity contribution in [3.8, 4) is 6.07 Å². The molecule has 1 amide bonds. The largest absolute Gasteiger partial charge is 0.343 e. The molecule has 0 saturated heterocycles. The molecule has 0 fully saturated rings. The van der Waals surface area contributed by atoms with Crippen LogP contribution in [0.25, 0.3) is 0 Å². The van der Waals surface area contributed by atoms with Crippen LogP contribution in [0.4, 0.5) is 0 Å². The predicted octanol–water partition coefficient (Wildman–Crippen LogP) is 4.63. The number of carbonyl (C=O) groups excluding carboxylic acids is 1. The molecule has 126 valence electrons. The molecule has 3 heteroatoms. The third-order valence-corrected chi connectivity index (χ3v) is 4.05. The zero-order valence-corrected chi connectivity index (χ0v) is 15.2. The van der Waals surface area contributed by atoms with Gasteiger partial charge in [-0.2, -0.15) is 5.26 Å². The summed E-state index contributed by atoms with van der Waals surface area (Å²) in [7, 11) is 0. The van der Waals surface area contributed by atoms with Crippen molar-refractivity contribution >= 4 is 5.91 Å². The van der Waals surface area contributed by atoms with Crippen LogP contribution in [0.5, 0.6) is 0 Å². The van der Waals surface area contributed by atoms with Gasteiger partial charge in [0.1, 0.15) is 0 Å². The van der Waals surface area contributed by atoms with Gasteiger partial charge >= 0.3 is 0 Å². The van der Waals surface area contributed by atoms with Gasteiger partial charge in [-0.15, -0.1) is 0 Å². The highest BCUT2D eigenvalue weighted by molar-refractivity contribution is 5.77. The molecule has 0 aliphatic carbocycles. The van der Waals surface area contributed by atoms with E-state index in [2.05, 4.69) is 52.8 Å². The van der Waals surface area contributed by atoms with Crippen molar-refractivity contribution in [2.24, 2.45) is 0 Å². The molecule has 0 N–H and O–H groups in total. The van der Waals surface area contributed by atoms with Gasteiger partial charge in [-0.05, 0) is 29.4 Å². The highest BCUT2D eigenvalue weighted by atomic mass is 16.2. The van der Waals surface area contributed by atoms with Crippen LogP contribution in [0.2, 0.25) is 0 Å². The van der Waals surface area contributed by atoms with Crippen molar-refractivity contribution in [3.05, 3.63) is 35.4 Å². The second kappa shape index (κ2) is 8.72. The Balaban J connectivity index is 2.84. The molecule has 0 aliphatic heterocycles. The van der Waals surface area contributed by atoms with Crippen molar-refractivity contribution in [2.75, 3.05) is 13.1 Å². The van der Waals surface area contributed by atoms with E-state index < -0.39 is 0 Å². The average Bonchev–Trinajstić information content (AvgIpc) is 2.51. The van der Waals surface area contributed by atoms with Gasteiger partial charge in [-0.25, -0.2) is 0 Å². The van der Waals surface area contributed by atoms with E-state index in [1.165, 1.54) is 5.56 Å². The molecule has 1 unspecified atom stereocenters. The van der Waals surface area contributed by atoms with E-state index in [1.54, 1.807) is 0 Å². The molecule has 1 aromatic carbocycles. The zero-order chi connectivity index (χ0) is 17.5. The first-order valence-corrected chi connectivity index (χ1v) is 8.61. The summed E-state index contributed by atoms with van der Waals surface area (Å²) < 4.78 is 0. The van der Waals surface area contributed by atoms with Gasteiger partial charge in [-0.1, -0.05) is 58.9 Å². The second-order valence-electron chi connectivity index (χ2n) is 7.14. The SMILES string of the molecule is CCCN(CCC)C(=O)CC(C#N)c1ccc(C(C)(C)C)cc1. The first-order valence-electron chi connectivity index (χ1n) is 8.61. The fourth-order valence-electron chi connectivity index (χ4n) is 2.66. The van der Waals surface area contributed by atoms with Crippen molar-refractivity contribution in [3.63, 3.8) is 0 Å². The van der Waals surface area contributed by atoms with Crippen LogP contribution in [0, 0.1) is 11.3 Å². The summed E-state index contributed by atoms with van der Waals surface area (Å²) in [6, 6.07) is 10.4. The lowest BCUT2D eigenvalue weighted by Crippen LogP contribution is -2.33. The Kier molecular flexibility index (Phi) is 7.29. The van der Waals surface area contributed by atoms with E-state index in [4.69, 9.17) is 0 Å². The minimum atomic E-state index is -0.368. The smallest absolute Gasteiger partial charge is 0.224 e. The first-order chi connectivity index (χ1) is 10.8. The standard InChI is InChI=1S/C20H30N2O/c1-6-12-22(13-7-2)19(23)14-17(15-21)16-8-10-18(11-9-16)20(3,4)5/h8-11,17H,6-7,12-14H2,1-5H3. The normalized spacial score (nSPS) is 12.5. The Morgan fingerprint density at radius 2 is 1.65 bits per heavy atom. The molecule has 0 aromatic heterocycles. The number of nitriles is 1. The lowest BCUT2D eigenvalue weighted by Gasteiger charge is -2.23. The highest BCUT2D eigenvalue weighted by Gasteiger charge is 2.20. The number of nitrogens with zero attached hydrogens (tertiary/aromatic N) is 2. The van der Waals surface area contributed by atoms with Crippen LogP contribution in [-0.4, -0.2) is 23.9 Å². The molecular weight excluding hydrogens is 284 g/mol. The number of rotatable bonds is 7. The monoisotopic (exact) mass is 314 g/mol. The van der Waals surface area contributed by atoms with Crippen LogP contribution in [0.3, 0.4) is 0 Å². The average molecular weight is 314 g/mol. The lowest BCUT2D eigenvalue weighted by atomic mass is 9.85. The van der Waals surface area contributed by atoms with Gasteiger partial charge in [0, 0.05) is 19.5 Å². The van der Waals surface area contributed by atoms with E-state index in [0.717, 1.165) is 31.5 Å². The summed E-state index contributed by atoms with van der Waals surface area (Å²) in [5.74, 6) is -0.284. The molecule has 1 rings (SSSR count). The van der Waals surface area contributed by atoms with E-state index in [9.17, 15) is 10.1 Å². The number of benzene rings is 1. The van der Waals surface area contributed by atoms with Crippen molar-refractivity contribution in [2.45, 2.75) is 65.2 Å². The van der Waals surface area contributed by atoms with Crippen molar-refractivity contribution in [1.82, 2.24) is 4.90 Å². The number of hydrogen-bond acceptors (Lipinski definition) is 2. The summed E-state index contributed by atoms with van der Waals surface area (Å²) in [5, 5.41) is 9.48. The van der Waals surface area contributed by atoms with Crippen molar-refractivity contribution < 1.29 is 4.79 Å². The van der Waals surface area contributed by atoms with Gasteiger partial charge in [0.25, 0.3) is 0 Å². The number of hydrogen-bond donors (Lipinski definition) is 0. The molecule has 1 atom stereocenters. The van der Waals surface area contributed by atoms with E-state index in [1.807, 2.05) is 17.0 Å². The molecule has 0 spiro atoms. The molecule has 1 aromatic rings. The fourth-order valence-corrected chi connectivity index (χ4v) is 2.66. The third-order valence-electron chi connectivity index (χ3n) is 4.05. The highest BCUT2D eigenvalue weighted by Crippen LogP contribution is 2.26. The van der Waals surface area contributed by atoms with Gasteiger partial charge in [0.15, 0.2) is 0 Å². The van der Waals surface area contributed by atoms with Gasteiger partial charge < -0.3 is 4.90 Å². The fraction of sp³-hybridized carbons (Fsp3) is 0.600.